The minimum absolute atomic E-state index is 0.326. The Kier molecular flexibility index (Phi) is 5.80. The van der Waals surface area contributed by atoms with Crippen LogP contribution in [0.5, 0.6) is 0 Å². The summed E-state index contributed by atoms with van der Waals surface area (Å²) in [5, 5.41) is 4.20. The van der Waals surface area contributed by atoms with E-state index < -0.39 is 0 Å². The van der Waals surface area contributed by atoms with Gasteiger partial charge in [-0.2, -0.15) is 4.37 Å². The summed E-state index contributed by atoms with van der Waals surface area (Å²) < 4.78 is 5.62. The topological polar surface area (TPSA) is 68.0 Å². The zero-order valence-corrected chi connectivity index (χ0v) is 15.9. The van der Waals surface area contributed by atoms with Crippen molar-refractivity contribution in [1.29, 1.82) is 0 Å². The lowest BCUT2D eigenvalue weighted by atomic mass is 10.0. The van der Waals surface area contributed by atoms with Crippen molar-refractivity contribution in [2.24, 2.45) is 11.7 Å². The maximum absolute atomic E-state index is 11.7. The first-order valence-corrected chi connectivity index (χ1v) is 9.01. The lowest BCUT2D eigenvalue weighted by Gasteiger charge is -2.18. The van der Waals surface area contributed by atoms with Gasteiger partial charge in [-0.25, -0.2) is 0 Å². The van der Waals surface area contributed by atoms with Crippen LogP contribution in [0.1, 0.15) is 26.0 Å². The summed E-state index contributed by atoms with van der Waals surface area (Å²) in [6, 6.07) is 7.91. The van der Waals surface area contributed by atoms with E-state index in [0.29, 0.717) is 12.3 Å². The van der Waals surface area contributed by atoms with Crippen molar-refractivity contribution in [1.82, 2.24) is 4.37 Å². The number of nitrogens with zero attached hydrogens (tertiary/aromatic N) is 1. The van der Waals surface area contributed by atoms with E-state index in [9.17, 15) is 4.79 Å². The minimum atomic E-state index is -0.373. The SMILES string of the molecule is Cc1nsc(N[C@@H](CC(C)C)C(N)=O)c1-c1ccc(I)cc1. The van der Waals surface area contributed by atoms with Gasteiger partial charge in [-0.1, -0.05) is 26.0 Å². The van der Waals surface area contributed by atoms with Gasteiger partial charge in [0.05, 0.1) is 5.69 Å². The van der Waals surface area contributed by atoms with E-state index in [1.165, 1.54) is 15.1 Å². The Morgan fingerprint density at radius 3 is 2.55 bits per heavy atom. The van der Waals surface area contributed by atoms with Gasteiger partial charge in [-0.3, -0.25) is 4.79 Å². The number of nitrogens with two attached hydrogens (primary N) is 1. The van der Waals surface area contributed by atoms with Crippen LogP contribution in [0.25, 0.3) is 11.1 Å². The summed E-state index contributed by atoms with van der Waals surface area (Å²) in [6.45, 7) is 6.14. The molecular weight excluding hydrogens is 409 g/mol. The van der Waals surface area contributed by atoms with Crippen LogP contribution in [0.15, 0.2) is 24.3 Å². The number of primary amides is 1. The monoisotopic (exact) mass is 429 g/mol. The quantitative estimate of drug-likeness (QED) is 0.682. The van der Waals surface area contributed by atoms with Gasteiger partial charge in [-0.15, -0.1) is 0 Å². The molecule has 4 nitrogen and oxygen atoms in total. The maximum Gasteiger partial charge on any atom is 0.239 e. The van der Waals surface area contributed by atoms with Crippen molar-refractivity contribution in [3.8, 4) is 11.1 Å². The van der Waals surface area contributed by atoms with Gasteiger partial charge in [0.15, 0.2) is 0 Å². The molecule has 3 N–H and O–H groups in total. The minimum Gasteiger partial charge on any atom is -0.368 e. The summed E-state index contributed by atoms with van der Waals surface area (Å²) in [4.78, 5) is 11.7. The smallest absolute Gasteiger partial charge is 0.239 e. The average Bonchev–Trinajstić information content (AvgIpc) is 2.79. The number of aryl methyl sites for hydroxylation is 1. The Morgan fingerprint density at radius 2 is 2.00 bits per heavy atom. The molecule has 22 heavy (non-hydrogen) atoms. The van der Waals surface area contributed by atoms with Gasteiger partial charge >= 0.3 is 0 Å². The first-order chi connectivity index (χ1) is 10.4. The Labute approximate surface area is 148 Å². The molecule has 0 saturated carbocycles. The fourth-order valence-electron chi connectivity index (χ4n) is 2.30. The number of anilines is 1. The molecule has 0 bridgehead atoms. The van der Waals surface area contributed by atoms with Gasteiger partial charge in [-0.05, 0) is 71.1 Å². The number of nitrogens with one attached hydrogen (secondary N) is 1. The summed E-state index contributed by atoms with van der Waals surface area (Å²) in [5.74, 6) is 0.0640. The van der Waals surface area contributed by atoms with Gasteiger partial charge < -0.3 is 11.1 Å². The standard InChI is InChI=1S/C16H20IN3OS/c1-9(2)8-13(15(18)21)19-16-14(10(3)20-22-16)11-4-6-12(17)7-5-11/h4-7,9,13,19H,8H2,1-3H3,(H2,18,21)/t13-/m0/s1. The van der Waals surface area contributed by atoms with Gasteiger partial charge in [0.2, 0.25) is 5.91 Å². The number of amides is 1. The zero-order valence-electron chi connectivity index (χ0n) is 12.9. The molecule has 1 aromatic carbocycles. The van der Waals surface area contributed by atoms with Crippen LogP contribution in [0.4, 0.5) is 5.00 Å². The van der Waals surface area contributed by atoms with Gasteiger partial charge in [0.25, 0.3) is 0 Å². The molecule has 0 unspecified atom stereocenters. The van der Waals surface area contributed by atoms with Crippen LogP contribution >= 0.6 is 34.1 Å². The van der Waals surface area contributed by atoms with Crippen molar-refractivity contribution < 1.29 is 4.79 Å². The van der Waals surface area contributed by atoms with Crippen LogP contribution in [-0.2, 0) is 4.79 Å². The first kappa shape index (κ1) is 17.2. The first-order valence-electron chi connectivity index (χ1n) is 7.16. The highest BCUT2D eigenvalue weighted by atomic mass is 127. The Balaban J connectivity index is 2.32. The molecule has 0 aliphatic carbocycles. The van der Waals surface area contributed by atoms with E-state index in [1.54, 1.807) is 0 Å². The predicted octanol–water partition coefficient (Wildman–Crippen LogP) is 4.04. The van der Waals surface area contributed by atoms with Crippen molar-refractivity contribution in [3.05, 3.63) is 33.5 Å². The third-order valence-corrected chi connectivity index (χ3v) is 4.94. The normalized spacial score (nSPS) is 12.4. The number of halogens is 1. The molecule has 0 aliphatic rings. The zero-order chi connectivity index (χ0) is 16.3. The second-order valence-corrected chi connectivity index (χ2v) is 7.73. The second-order valence-electron chi connectivity index (χ2n) is 5.71. The van der Waals surface area contributed by atoms with Crippen molar-refractivity contribution in [2.75, 3.05) is 5.32 Å². The average molecular weight is 429 g/mol. The highest BCUT2D eigenvalue weighted by molar-refractivity contribution is 14.1. The number of carbonyl (C=O) groups is 1. The lowest BCUT2D eigenvalue weighted by Crippen LogP contribution is -2.36. The fraction of sp³-hybridized carbons (Fsp3) is 0.375. The van der Waals surface area contributed by atoms with Crippen molar-refractivity contribution in [2.45, 2.75) is 33.2 Å². The maximum atomic E-state index is 11.7. The fourth-order valence-corrected chi connectivity index (χ4v) is 3.53. The van der Waals surface area contributed by atoms with E-state index >= 15 is 0 Å². The van der Waals surface area contributed by atoms with Crippen LogP contribution in [0.2, 0.25) is 0 Å². The molecule has 0 spiro atoms. The third-order valence-electron chi connectivity index (χ3n) is 3.35. The van der Waals surface area contributed by atoms with Gasteiger partial charge in [0, 0.05) is 9.13 Å². The molecule has 0 aliphatic heterocycles. The highest BCUT2D eigenvalue weighted by Crippen LogP contribution is 2.35. The largest absolute Gasteiger partial charge is 0.368 e. The third kappa shape index (κ3) is 4.19. The van der Waals surface area contributed by atoms with E-state index in [4.69, 9.17) is 5.73 Å². The second kappa shape index (κ2) is 7.41. The summed E-state index contributed by atoms with van der Waals surface area (Å²) in [6.07, 6.45) is 0.707. The van der Waals surface area contributed by atoms with E-state index in [0.717, 1.165) is 21.8 Å². The van der Waals surface area contributed by atoms with Crippen molar-refractivity contribution >= 4 is 45.0 Å². The Hall–Kier alpha value is -1.15. The lowest BCUT2D eigenvalue weighted by molar-refractivity contribution is -0.119. The molecule has 0 saturated heterocycles. The highest BCUT2D eigenvalue weighted by Gasteiger charge is 2.21. The molecule has 1 heterocycles. The molecule has 0 radical (unpaired) electrons. The summed E-state index contributed by atoms with van der Waals surface area (Å²) in [5.41, 5.74) is 8.64. The molecule has 6 heteroatoms. The number of hydrogen-bond donors (Lipinski definition) is 2. The van der Waals surface area contributed by atoms with Crippen LogP contribution in [-0.4, -0.2) is 16.3 Å². The van der Waals surface area contributed by atoms with Crippen LogP contribution < -0.4 is 11.1 Å². The molecule has 1 atom stereocenters. The molecule has 2 aromatic rings. The molecular formula is C16H20IN3OS. The molecule has 1 aromatic heterocycles. The summed E-state index contributed by atoms with van der Waals surface area (Å²) >= 11 is 3.66. The van der Waals surface area contributed by atoms with Crippen LogP contribution in [0, 0.1) is 16.4 Å². The van der Waals surface area contributed by atoms with Gasteiger partial charge in [0.1, 0.15) is 11.0 Å². The van der Waals surface area contributed by atoms with E-state index in [2.05, 4.69) is 70.4 Å². The number of hydrogen-bond acceptors (Lipinski definition) is 4. The predicted molar refractivity (Wildman–Crippen MR) is 101 cm³/mol. The summed E-state index contributed by atoms with van der Waals surface area (Å²) in [7, 11) is 0. The molecule has 2 rings (SSSR count). The van der Waals surface area contributed by atoms with Crippen LogP contribution in [0.3, 0.4) is 0 Å². The van der Waals surface area contributed by atoms with Crippen molar-refractivity contribution in [3.63, 3.8) is 0 Å². The number of benzene rings is 1. The molecule has 118 valence electrons. The number of carbonyl (C=O) groups excluding carboxylic acids is 1. The number of aromatic nitrogens is 1. The molecule has 0 fully saturated rings. The van der Waals surface area contributed by atoms with E-state index in [1.807, 2.05) is 6.92 Å². The Bertz CT molecular complexity index is 652. The number of rotatable bonds is 6. The Morgan fingerprint density at radius 1 is 1.36 bits per heavy atom. The van der Waals surface area contributed by atoms with E-state index in [-0.39, 0.29) is 11.9 Å². The molecule has 1 amide bonds.